The molecule has 0 saturated carbocycles. The van der Waals surface area contributed by atoms with Gasteiger partial charge in [0.1, 0.15) is 0 Å². The molecule has 1 aliphatic heterocycles. The fourth-order valence-electron chi connectivity index (χ4n) is 2.22. The van der Waals surface area contributed by atoms with Gasteiger partial charge in [-0.05, 0) is 64.2 Å². The molecule has 0 atom stereocenters. The Morgan fingerprint density at radius 2 is 1.60 bits per heavy atom. The SMILES string of the molecule is Cc1cc(B2OC(C)(C)C(C)(C)O2)cc(C(=O)O)c1C. The van der Waals surface area contributed by atoms with Crippen LogP contribution in [0, 0.1) is 13.8 Å². The Balaban J connectivity index is 2.43. The third-order valence-corrected chi connectivity index (χ3v) is 4.45. The van der Waals surface area contributed by atoms with Crippen LogP contribution in [0.5, 0.6) is 0 Å². The lowest BCUT2D eigenvalue weighted by Crippen LogP contribution is -2.41. The average molecular weight is 276 g/mol. The van der Waals surface area contributed by atoms with Crippen LogP contribution in [0.3, 0.4) is 0 Å². The summed E-state index contributed by atoms with van der Waals surface area (Å²) in [4.78, 5) is 11.3. The Labute approximate surface area is 120 Å². The third kappa shape index (κ3) is 2.36. The minimum atomic E-state index is -0.927. The number of rotatable bonds is 2. The molecule has 20 heavy (non-hydrogen) atoms. The highest BCUT2D eigenvalue weighted by molar-refractivity contribution is 6.62. The van der Waals surface area contributed by atoms with Crippen LogP contribution in [0.4, 0.5) is 0 Å². The monoisotopic (exact) mass is 276 g/mol. The first-order chi connectivity index (χ1) is 9.05. The maximum atomic E-state index is 11.3. The fraction of sp³-hybridized carbons (Fsp3) is 0.533. The van der Waals surface area contributed by atoms with Gasteiger partial charge in [0.25, 0.3) is 0 Å². The third-order valence-electron chi connectivity index (χ3n) is 4.45. The molecule has 108 valence electrons. The van der Waals surface area contributed by atoms with Gasteiger partial charge in [-0.25, -0.2) is 4.79 Å². The predicted molar refractivity (Wildman–Crippen MR) is 78.6 cm³/mol. The lowest BCUT2D eigenvalue weighted by Gasteiger charge is -2.32. The molecule has 0 amide bonds. The van der Waals surface area contributed by atoms with E-state index in [4.69, 9.17) is 9.31 Å². The quantitative estimate of drug-likeness (QED) is 0.842. The molecule has 1 N–H and O–H groups in total. The van der Waals surface area contributed by atoms with Gasteiger partial charge in [0.15, 0.2) is 0 Å². The van der Waals surface area contributed by atoms with Gasteiger partial charge in [0, 0.05) is 0 Å². The molecule has 1 saturated heterocycles. The van der Waals surface area contributed by atoms with Crippen LogP contribution >= 0.6 is 0 Å². The average Bonchev–Trinajstić information content (AvgIpc) is 2.51. The molecule has 0 unspecified atom stereocenters. The summed E-state index contributed by atoms with van der Waals surface area (Å²) in [6, 6.07) is 3.58. The van der Waals surface area contributed by atoms with Crippen molar-refractivity contribution in [2.45, 2.75) is 52.7 Å². The standard InChI is InChI=1S/C15H21BO4/c1-9-7-11(8-12(10(9)2)13(17)18)16-19-14(3,4)15(5,6)20-16/h7-8H,1-6H3,(H,17,18). The highest BCUT2D eigenvalue weighted by Crippen LogP contribution is 2.36. The summed E-state index contributed by atoms with van der Waals surface area (Å²) < 4.78 is 11.9. The van der Waals surface area contributed by atoms with Gasteiger partial charge in [0.05, 0.1) is 16.8 Å². The summed E-state index contributed by atoms with van der Waals surface area (Å²) in [6.07, 6.45) is 0. The van der Waals surface area contributed by atoms with E-state index in [1.807, 2.05) is 47.6 Å². The van der Waals surface area contributed by atoms with Crippen LogP contribution in [0.15, 0.2) is 12.1 Å². The molecule has 4 nitrogen and oxygen atoms in total. The van der Waals surface area contributed by atoms with Crippen LogP contribution < -0.4 is 5.46 Å². The van der Waals surface area contributed by atoms with Crippen molar-refractivity contribution in [2.75, 3.05) is 0 Å². The van der Waals surface area contributed by atoms with E-state index in [-0.39, 0.29) is 0 Å². The zero-order valence-corrected chi connectivity index (χ0v) is 12.9. The molecule has 1 heterocycles. The normalized spacial score (nSPS) is 20.2. The lowest BCUT2D eigenvalue weighted by atomic mass is 9.76. The highest BCUT2D eigenvalue weighted by Gasteiger charge is 2.51. The van der Waals surface area contributed by atoms with E-state index in [2.05, 4.69) is 0 Å². The van der Waals surface area contributed by atoms with Gasteiger partial charge < -0.3 is 14.4 Å². The minimum Gasteiger partial charge on any atom is -0.478 e. The van der Waals surface area contributed by atoms with Gasteiger partial charge in [0.2, 0.25) is 0 Å². The Hall–Kier alpha value is -1.33. The summed E-state index contributed by atoms with van der Waals surface area (Å²) in [5.41, 5.74) is 1.89. The van der Waals surface area contributed by atoms with Crippen molar-refractivity contribution in [1.82, 2.24) is 0 Å². The molecule has 2 rings (SSSR count). The van der Waals surface area contributed by atoms with E-state index in [9.17, 15) is 9.90 Å². The van der Waals surface area contributed by atoms with E-state index in [0.29, 0.717) is 5.56 Å². The molecule has 0 aliphatic carbocycles. The van der Waals surface area contributed by atoms with Crippen molar-refractivity contribution < 1.29 is 19.2 Å². The van der Waals surface area contributed by atoms with Crippen LogP contribution in [0.2, 0.25) is 0 Å². The summed E-state index contributed by atoms with van der Waals surface area (Å²) in [5.74, 6) is -0.927. The van der Waals surface area contributed by atoms with Crippen molar-refractivity contribution in [3.05, 3.63) is 28.8 Å². The van der Waals surface area contributed by atoms with Crippen LogP contribution in [0.1, 0.15) is 49.2 Å². The Morgan fingerprint density at radius 1 is 1.10 bits per heavy atom. The molecular weight excluding hydrogens is 255 g/mol. The first-order valence-corrected chi connectivity index (χ1v) is 6.75. The van der Waals surface area contributed by atoms with Crippen LogP contribution in [-0.4, -0.2) is 29.4 Å². The first-order valence-electron chi connectivity index (χ1n) is 6.75. The molecule has 5 heteroatoms. The number of hydrogen-bond acceptors (Lipinski definition) is 3. The van der Waals surface area contributed by atoms with Gasteiger partial charge in [-0.3, -0.25) is 0 Å². The van der Waals surface area contributed by atoms with Crippen molar-refractivity contribution in [1.29, 1.82) is 0 Å². The number of carboxylic acids is 1. The maximum absolute atomic E-state index is 11.3. The molecular formula is C15H21BO4. The van der Waals surface area contributed by atoms with E-state index >= 15 is 0 Å². The zero-order valence-electron chi connectivity index (χ0n) is 12.9. The van der Waals surface area contributed by atoms with Crippen molar-refractivity contribution in [3.63, 3.8) is 0 Å². The second-order valence-corrected chi connectivity index (χ2v) is 6.40. The molecule has 1 aromatic rings. The fourth-order valence-corrected chi connectivity index (χ4v) is 2.22. The first kappa shape index (κ1) is 15.1. The topological polar surface area (TPSA) is 55.8 Å². The minimum absolute atomic E-state index is 0.301. The van der Waals surface area contributed by atoms with Gasteiger partial charge in [-0.15, -0.1) is 0 Å². The number of carbonyl (C=O) groups is 1. The smallest absolute Gasteiger partial charge is 0.478 e. The summed E-state index contributed by atoms with van der Waals surface area (Å²) >= 11 is 0. The number of hydrogen-bond donors (Lipinski definition) is 1. The summed E-state index contributed by atoms with van der Waals surface area (Å²) in [5, 5.41) is 9.28. The largest absolute Gasteiger partial charge is 0.494 e. The molecule has 1 aliphatic rings. The van der Waals surface area contributed by atoms with Crippen molar-refractivity contribution >= 4 is 18.6 Å². The maximum Gasteiger partial charge on any atom is 0.494 e. The molecule has 0 spiro atoms. The molecule has 1 fully saturated rings. The Kier molecular flexibility index (Phi) is 3.47. The summed E-state index contributed by atoms with van der Waals surface area (Å²) in [7, 11) is -0.530. The lowest BCUT2D eigenvalue weighted by molar-refractivity contribution is 0.00578. The van der Waals surface area contributed by atoms with E-state index in [1.54, 1.807) is 6.07 Å². The van der Waals surface area contributed by atoms with E-state index < -0.39 is 24.3 Å². The predicted octanol–water partition coefficient (Wildman–Crippen LogP) is 2.30. The second-order valence-electron chi connectivity index (χ2n) is 6.40. The Bertz CT molecular complexity index is 547. The van der Waals surface area contributed by atoms with Crippen molar-refractivity contribution in [2.24, 2.45) is 0 Å². The van der Waals surface area contributed by atoms with Gasteiger partial charge in [-0.1, -0.05) is 6.07 Å². The number of benzene rings is 1. The number of aromatic carboxylic acids is 1. The van der Waals surface area contributed by atoms with Gasteiger partial charge >= 0.3 is 13.1 Å². The van der Waals surface area contributed by atoms with E-state index in [1.165, 1.54) is 0 Å². The summed E-state index contributed by atoms with van der Waals surface area (Å²) in [6.45, 7) is 11.6. The van der Waals surface area contributed by atoms with Crippen molar-refractivity contribution in [3.8, 4) is 0 Å². The highest BCUT2D eigenvalue weighted by atomic mass is 16.7. The number of aryl methyl sites for hydroxylation is 1. The van der Waals surface area contributed by atoms with E-state index in [0.717, 1.165) is 16.6 Å². The molecule has 1 aromatic carbocycles. The zero-order chi connectivity index (χ0) is 15.3. The van der Waals surface area contributed by atoms with Gasteiger partial charge in [-0.2, -0.15) is 0 Å². The molecule has 0 radical (unpaired) electrons. The van der Waals surface area contributed by atoms with Crippen LogP contribution in [-0.2, 0) is 9.31 Å². The van der Waals surface area contributed by atoms with Crippen LogP contribution in [0.25, 0.3) is 0 Å². The number of carboxylic acid groups (broad SMARTS) is 1. The Morgan fingerprint density at radius 3 is 2.05 bits per heavy atom. The molecule has 0 aromatic heterocycles. The molecule has 0 bridgehead atoms. The second kappa shape index (κ2) is 4.60.